The molecule has 0 radical (unpaired) electrons. The first-order chi connectivity index (χ1) is 9.72. The van der Waals surface area contributed by atoms with Crippen molar-refractivity contribution in [2.24, 2.45) is 0 Å². The van der Waals surface area contributed by atoms with E-state index in [1.54, 1.807) is 7.11 Å². The van der Waals surface area contributed by atoms with E-state index in [0.29, 0.717) is 12.5 Å². The minimum Gasteiger partial charge on any atom is -0.497 e. The lowest BCUT2D eigenvalue weighted by molar-refractivity contribution is 0.319. The van der Waals surface area contributed by atoms with Crippen molar-refractivity contribution in [3.05, 3.63) is 58.1 Å². The summed E-state index contributed by atoms with van der Waals surface area (Å²) >= 11 is 9.35. The van der Waals surface area contributed by atoms with Crippen molar-refractivity contribution in [2.45, 2.75) is 12.3 Å². The molecule has 0 aliphatic heterocycles. The van der Waals surface area contributed by atoms with Gasteiger partial charge < -0.3 is 9.47 Å². The van der Waals surface area contributed by atoms with Gasteiger partial charge in [0.15, 0.2) is 0 Å². The van der Waals surface area contributed by atoms with Crippen LogP contribution in [0, 0.1) is 0 Å². The number of alkyl halides is 1. The maximum Gasteiger partial charge on any atom is 0.123 e. The molecule has 2 aromatic rings. The summed E-state index contributed by atoms with van der Waals surface area (Å²) in [5.41, 5.74) is 2.21. The van der Waals surface area contributed by atoms with Gasteiger partial charge in [-0.15, -0.1) is 11.6 Å². The van der Waals surface area contributed by atoms with Crippen LogP contribution in [0.25, 0.3) is 0 Å². The Labute approximate surface area is 132 Å². The Bertz CT molecular complexity index is 555. The molecule has 0 aliphatic rings. The van der Waals surface area contributed by atoms with E-state index >= 15 is 0 Å². The van der Waals surface area contributed by atoms with E-state index in [4.69, 9.17) is 21.1 Å². The molecule has 4 heteroatoms. The smallest absolute Gasteiger partial charge is 0.123 e. The Kier molecular flexibility index (Phi) is 5.74. The zero-order valence-electron chi connectivity index (χ0n) is 11.2. The molecule has 0 saturated heterocycles. The molecule has 2 aromatic carbocycles. The van der Waals surface area contributed by atoms with Crippen LogP contribution in [0.4, 0.5) is 0 Å². The van der Waals surface area contributed by atoms with Crippen LogP contribution in [-0.4, -0.2) is 13.7 Å². The average Bonchev–Trinajstić information content (AvgIpc) is 2.49. The quantitative estimate of drug-likeness (QED) is 0.692. The van der Waals surface area contributed by atoms with E-state index in [1.165, 1.54) is 5.56 Å². The van der Waals surface area contributed by atoms with E-state index in [-0.39, 0.29) is 0 Å². The summed E-state index contributed by atoms with van der Waals surface area (Å²) in [5, 5.41) is 0. The van der Waals surface area contributed by atoms with E-state index in [0.717, 1.165) is 28.0 Å². The van der Waals surface area contributed by atoms with Crippen LogP contribution >= 0.6 is 27.5 Å². The van der Waals surface area contributed by atoms with E-state index in [2.05, 4.69) is 15.9 Å². The largest absolute Gasteiger partial charge is 0.497 e. The number of halogens is 2. The fourth-order valence-electron chi connectivity index (χ4n) is 1.86. The first kappa shape index (κ1) is 15.2. The van der Waals surface area contributed by atoms with Gasteiger partial charge in [-0.1, -0.05) is 28.1 Å². The zero-order chi connectivity index (χ0) is 14.4. The Morgan fingerprint density at radius 3 is 2.50 bits per heavy atom. The molecule has 2 rings (SSSR count). The molecule has 0 bridgehead atoms. The summed E-state index contributed by atoms with van der Waals surface area (Å²) in [7, 11) is 1.67. The summed E-state index contributed by atoms with van der Waals surface area (Å²) in [5.74, 6) is 2.15. The van der Waals surface area contributed by atoms with Crippen molar-refractivity contribution in [3.8, 4) is 11.5 Å². The summed E-state index contributed by atoms with van der Waals surface area (Å²) in [6.07, 6.45) is 0.849. The second-order valence-electron chi connectivity index (χ2n) is 4.33. The van der Waals surface area contributed by atoms with Gasteiger partial charge in [-0.05, 0) is 35.9 Å². The monoisotopic (exact) mass is 354 g/mol. The molecule has 0 fully saturated rings. The lowest BCUT2D eigenvalue weighted by Gasteiger charge is -2.10. The zero-order valence-corrected chi connectivity index (χ0v) is 13.6. The van der Waals surface area contributed by atoms with E-state index < -0.39 is 0 Å². The van der Waals surface area contributed by atoms with Gasteiger partial charge in [-0.3, -0.25) is 0 Å². The average molecular weight is 356 g/mol. The normalized spacial score (nSPS) is 10.3. The molecule has 2 nitrogen and oxygen atoms in total. The molecule has 0 heterocycles. The van der Waals surface area contributed by atoms with Crippen molar-refractivity contribution in [3.63, 3.8) is 0 Å². The number of benzene rings is 2. The van der Waals surface area contributed by atoms with Gasteiger partial charge in [-0.25, -0.2) is 0 Å². The number of ether oxygens (including phenoxy) is 2. The summed E-state index contributed by atoms with van der Waals surface area (Å²) < 4.78 is 12.0. The van der Waals surface area contributed by atoms with Crippen molar-refractivity contribution < 1.29 is 9.47 Å². The van der Waals surface area contributed by atoms with Crippen molar-refractivity contribution in [1.82, 2.24) is 0 Å². The lowest BCUT2D eigenvalue weighted by atomic mass is 10.1. The fourth-order valence-corrected chi connectivity index (χ4v) is 2.48. The molecule has 0 unspecified atom stereocenters. The predicted molar refractivity (Wildman–Crippen MR) is 85.9 cm³/mol. The van der Waals surface area contributed by atoms with Gasteiger partial charge in [0.2, 0.25) is 0 Å². The molecule has 0 spiro atoms. The van der Waals surface area contributed by atoms with Crippen molar-refractivity contribution in [2.75, 3.05) is 13.7 Å². The van der Waals surface area contributed by atoms with Crippen molar-refractivity contribution >= 4 is 27.5 Å². The number of hydrogen-bond donors (Lipinski definition) is 0. The van der Waals surface area contributed by atoms with Crippen LogP contribution in [-0.2, 0) is 12.3 Å². The lowest BCUT2D eigenvalue weighted by Crippen LogP contribution is -2.03. The molecule has 20 heavy (non-hydrogen) atoms. The van der Waals surface area contributed by atoms with Gasteiger partial charge in [-0.2, -0.15) is 0 Å². The molecule has 0 aromatic heterocycles. The summed E-state index contributed by atoms with van der Waals surface area (Å²) in [6, 6.07) is 13.9. The number of hydrogen-bond acceptors (Lipinski definition) is 2. The number of rotatable bonds is 6. The highest BCUT2D eigenvalue weighted by molar-refractivity contribution is 9.10. The third kappa shape index (κ3) is 4.15. The summed E-state index contributed by atoms with van der Waals surface area (Å²) in [4.78, 5) is 0. The van der Waals surface area contributed by atoms with Crippen LogP contribution < -0.4 is 9.47 Å². The topological polar surface area (TPSA) is 18.5 Å². The van der Waals surface area contributed by atoms with Crippen LogP contribution in [0.3, 0.4) is 0 Å². The Morgan fingerprint density at radius 2 is 1.85 bits per heavy atom. The molecular formula is C16H16BrClO2. The highest BCUT2D eigenvalue weighted by atomic mass is 79.9. The first-order valence-corrected chi connectivity index (χ1v) is 7.66. The third-order valence-corrected chi connectivity index (χ3v) is 3.76. The molecule has 0 aliphatic carbocycles. The minimum absolute atomic E-state index is 0.442. The van der Waals surface area contributed by atoms with Crippen LogP contribution in [0.1, 0.15) is 11.1 Å². The third-order valence-electron chi connectivity index (χ3n) is 2.97. The minimum atomic E-state index is 0.442. The second kappa shape index (κ2) is 7.55. The predicted octanol–water partition coefficient (Wildman–Crippen LogP) is 4.82. The first-order valence-electron chi connectivity index (χ1n) is 6.33. The maximum atomic E-state index is 5.92. The highest BCUT2D eigenvalue weighted by Crippen LogP contribution is 2.25. The van der Waals surface area contributed by atoms with Crippen molar-refractivity contribution in [1.29, 1.82) is 0 Å². The van der Waals surface area contributed by atoms with Gasteiger partial charge >= 0.3 is 0 Å². The number of methoxy groups -OCH3 is 1. The van der Waals surface area contributed by atoms with Gasteiger partial charge in [0.05, 0.1) is 19.6 Å². The van der Waals surface area contributed by atoms with Crippen LogP contribution in [0.15, 0.2) is 46.9 Å². The molecule has 0 atom stereocenters. The Balaban J connectivity index is 1.92. The highest BCUT2D eigenvalue weighted by Gasteiger charge is 2.04. The Hall–Kier alpha value is -1.19. The van der Waals surface area contributed by atoms with E-state index in [1.807, 2.05) is 42.5 Å². The standard InChI is InChI=1S/C16H16BrClO2/c1-19-15-5-2-12(3-6-15)8-9-20-16-7-4-14(17)10-13(16)11-18/h2-7,10H,8-9,11H2,1H3. The fraction of sp³-hybridized carbons (Fsp3) is 0.250. The molecule has 0 saturated carbocycles. The molecule has 0 N–H and O–H groups in total. The van der Waals surface area contributed by atoms with Gasteiger partial charge in [0, 0.05) is 16.5 Å². The second-order valence-corrected chi connectivity index (χ2v) is 5.52. The maximum absolute atomic E-state index is 5.92. The van der Waals surface area contributed by atoms with E-state index in [9.17, 15) is 0 Å². The molecule has 106 valence electrons. The summed E-state index contributed by atoms with van der Waals surface area (Å²) in [6.45, 7) is 0.623. The van der Waals surface area contributed by atoms with Crippen LogP contribution in [0.5, 0.6) is 11.5 Å². The Morgan fingerprint density at radius 1 is 1.10 bits per heavy atom. The SMILES string of the molecule is COc1ccc(CCOc2ccc(Br)cc2CCl)cc1. The van der Waals surface area contributed by atoms with Crippen LogP contribution in [0.2, 0.25) is 0 Å². The van der Waals surface area contributed by atoms with Gasteiger partial charge in [0.1, 0.15) is 11.5 Å². The van der Waals surface area contributed by atoms with Gasteiger partial charge in [0.25, 0.3) is 0 Å². The molecular weight excluding hydrogens is 340 g/mol. The molecule has 0 amide bonds.